The Morgan fingerprint density at radius 1 is 1.47 bits per heavy atom. The maximum Gasteiger partial charge on any atom is 0.301 e. The highest BCUT2D eigenvalue weighted by atomic mass is 19.1. The lowest BCUT2D eigenvalue weighted by atomic mass is 10.2. The minimum Gasteiger partial charge on any atom is -0.488 e. The number of aryl methyl sites for hydroxylation is 1. The molecule has 0 saturated carbocycles. The van der Waals surface area contributed by atoms with Gasteiger partial charge in [-0.2, -0.15) is 0 Å². The van der Waals surface area contributed by atoms with Gasteiger partial charge in [0.1, 0.15) is 18.2 Å². The standard InChI is InChI=1S/C13H13FN2O3/c1-8-6-10(14)2-3-11(8)19-7-9-4-5-18-12(9)13(17)16-15/h2-6H,7,15H2,1H3,(H,16,17). The molecule has 1 amide bonds. The second kappa shape index (κ2) is 5.53. The summed E-state index contributed by atoms with van der Waals surface area (Å²) in [5, 5.41) is 0. The SMILES string of the molecule is Cc1cc(F)ccc1OCc1ccoc1C(=O)NN. The van der Waals surface area contributed by atoms with Gasteiger partial charge in [0.15, 0.2) is 5.76 Å². The van der Waals surface area contributed by atoms with Crippen molar-refractivity contribution in [3.05, 3.63) is 53.2 Å². The van der Waals surface area contributed by atoms with E-state index >= 15 is 0 Å². The highest BCUT2D eigenvalue weighted by molar-refractivity contribution is 5.92. The van der Waals surface area contributed by atoms with E-state index in [0.717, 1.165) is 0 Å². The number of nitrogens with two attached hydrogens (primary N) is 1. The quantitative estimate of drug-likeness (QED) is 0.502. The fourth-order valence-electron chi connectivity index (χ4n) is 1.64. The van der Waals surface area contributed by atoms with Crippen LogP contribution >= 0.6 is 0 Å². The second-order valence-corrected chi connectivity index (χ2v) is 3.95. The largest absolute Gasteiger partial charge is 0.488 e. The van der Waals surface area contributed by atoms with Crippen LogP contribution in [0.4, 0.5) is 4.39 Å². The summed E-state index contributed by atoms with van der Waals surface area (Å²) in [6.07, 6.45) is 1.38. The number of rotatable bonds is 4. The van der Waals surface area contributed by atoms with Crippen molar-refractivity contribution in [2.75, 3.05) is 0 Å². The molecule has 2 rings (SSSR count). The van der Waals surface area contributed by atoms with Gasteiger partial charge < -0.3 is 9.15 Å². The van der Waals surface area contributed by atoms with Crippen molar-refractivity contribution in [1.82, 2.24) is 5.43 Å². The number of nitrogens with one attached hydrogen (secondary N) is 1. The monoisotopic (exact) mass is 264 g/mol. The zero-order valence-corrected chi connectivity index (χ0v) is 10.3. The van der Waals surface area contributed by atoms with Crippen molar-refractivity contribution < 1.29 is 18.3 Å². The topological polar surface area (TPSA) is 77.5 Å². The maximum atomic E-state index is 12.9. The minimum atomic E-state index is -0.528. The van der Waals surface area contributed by atoms with Crippen LogP contribution < -0.4 is 16.0 Å². The van der Waals surface area contributed by atoms with Crippen molar-refractivity contribution >= 4 is 5.91 Å². The number of ether oxygens (including phenoxy) is 1. The highest BCUT2D eigenvalue weighted by Gasteiger charge is 2.14. The molecule has 0 aliphatic heterocycles. The first-order valence-electron chi connectivity index (χ1n) is 5.58. The lowest BCUT2D eigenvalue weighted by Crippen LogP contribution is -2.30. The van der Waals surface area contributed by atoms with Crippen LogP contribution in [0.3, 0.4) is 0 Å². The zero-order valence-electron chi connectivity index (χ0n) is 10.3. The molecular formula is C13H13FN2O3. The number of furan rings is 1. The molecular weight excluding hydrogens is 251 g/mol. The molecule has 0 fully saturated rings. The van der Waals surface area contributed by atoms with Gasteiger partial charge >= 0.3 is 5.91 Å². The summed E-state index contributed by atoms with van der Waals surface area (Å²) in [5.74, 6) is 4.83. The van der Waals surface area contributed by atoms with Gasteiger partial charge in [-0.1, -0.05) is 0 Å². The molecule has 0 atom stereocenters. The third-order valence-corrected chi connectivity index (χ3v) is 2.60. The molecule has 100 valence electrons. The van der Waals surface area contributed by atoms with E-state index in [0.29, 0.717) is 16.9 Å². The number of hydrogen-bond donors (Lipinski definition) is 2. The number of benzene rings is 1. The first-order valence-corrected chi connectivity index (χ1v) is 5.58. The fraction of sp³-hybridized carbons (Fsp3) is 0.154. The third-order valence-electron chi connectivity index (χ3n) is 2.60. The summed E-state index contributed by atoms with van der Waals surface area (Å²) in [6.45, 7) is 1.87. The van der Waals surface area contributed by atoms with Crippen LogP contribution in [0.1, 0.15) is 21.7 Å². The molecule has 0 aliphatic rings. The molecule has 0 radical (unpaired) electrons. The van der Waals surface area contributed by atoms with Crippen molar-refractivity contribution in [3.8, 4) is 5.75 Å². The van der Waals surface area contributed by atoms with Crippen molar-refractivity contribution in [1.29, 1.82) is 0 Å². The molecule has 0 bridgehead atoms. The Kier molecular flexibility index (Phi) is 3.82. The van der Waals surface area contributed by atoms with Gasteiger partial charge in [-0.15, -0.1) is 0 Å². The Labute approximate surface area is 109 Å². The average molecular weight is 264 g/mol. The van der Waals surface area contributed by atoms with E-state index < -0.39 is 5.91 Å². The first-order chi connectivity index (χ1) is 9.11. The number of amides is 1. The number of halogens is 1. The Morgan fingerprint density at radius 2 is 2.26 bits per heavy atom. The van der Waals surface area contributed by atoms with Gasteiger partial charge in [0.2, 0.25) is 0 Å². The van der Waals surface area contributed by atoms with Crippen LogP contribution in [-0.2, 0) is 6.61 Å². The van der Waals surface area contributed by atoms with Crippen LogP contribution in [0.25, 0.3) is 0 Å². The fourth-order valence-corrected chi connectivity index (χ4v) is 1.64. The molecule has 5 nitrogen and oxygen atoms in total. The van der Waals surface area contributed by atoms with Gasteiger partial charge in [0.05, 0.1) is 6.26 Å². The van der Waals surface area contributed by atoms with Crippen molar-refractivity contribution in [3.63, 3.8) is 0 Å². The summed E-state index contributed by atoms with van der Waals surface area (Å²) in [6, 6.07) is 5.83. The molecule has 1 heterocycles. The summed E-state index contributed by atoms with van der Waals surface area (Å²) in [4.78, 5) is 11.4. The summed E-state index contributed by atoms with van der Waals surface area (Å²) in [7, 11) is 0. The van der Waals surface area contributed by atoms with Gasteiger partial charge in [-0.05, 0) is 36.8 Å². The van der Waals surface area contributed by atoms with E-state index in [9.17, 15) is 9.18 Å². The molecule has 0 aliphatic carbocycles. The molecule has 0 saturated heterocycles. The maximum absolute atomic E-state index is 12.9. The van der Waals surface area contributed by atoms with Crippen LogP contribution in [0.5, 0.6) is 5.75 Å². The van der Waals surface area contributed by atoms with E-state index in [2.05, 4.69) is 0 Å². The smallest absolute Gasteiger partial charge is 0.301 e. The van der Waals surface area contributed by atoms with E-state index in [1.807, 2.05) is 5.43 Å². The average Bonchev–Trinajstić information content (AvgIpc) is 2.85. The molecule has 2 aromatic rings. The summed E-state index contributed by atoms with van der Waals surface area (Å²) < 4.78 is 23.5. The number of carbonyl (C=O) groups is 1. The third kappa shape index (κ3) is 2.92. The molecule has 3 N–H and O–H groups in total. The predicted octanol–water partition coefficient (Wildman–Crippen LogP) is 1.91. The normalized spacial score (nSPS) is 10.3. The van der Waals surface area contributed by atoms with Crippen LogP contribution in [0.2, 0.25) is 0 Å². The summed E-state index contributed by atoms with van der Waals surface area (Å²) >= 11 is 0. The minimum absolute atomic E-state index is 0.0993. The van der Waals surface area contributed by atoms with Crippen LogP contribution in [0.15, 0.2) is 34.9 Å². The Bertz CT molecular complexity index is 595. The van der Waals surface area contributed by atoms with Gasteiger partial charge in [0, 0.05) is 5.56 Å². The Hall–Kier alpha value is -2.34. The van der Waals surface area contributed by atoms with Gasteiger partial charge in [-0.3, -0.25) is 10.2 Å². The molecule has 19 heavy (non-hydrogen) atoms. The van der Waals surface area contributed by atoms with Gasteiger partial charge in [0.25, 0.3) is 0 Å². The van der Waals surface area contributed by atoms with Crippen molar-refractivity contribution in [2.24, 2.45) is 5.84 Å². The van der Waals surface area contributed by atoms with E-state index in [1.54, 1.807) is 13.0 Å². The predicted molar refractivity (Wildman–Crippen MR) is 65.8 cm³/mol. The second-order valence-electron chi connectivity index (χ2n) is 3.95. The van der Waals surface area contributed by atoms with E-state index in [1.165, 1.54) is 24.5 Å². The number of hydrazine groups is 1. The lowest BCUT2D eigenvalue weighted by Gasteiger charge is -2.08. The first kappa shape index (κ1) is 13.1. The Morgan fingerprint density at radius 3 is 2.95 bits per heavy atom. The Balaban J connectivity index is 2.10. The van der Waals surface area contributed by atoms with E-state index in [-0.39, 0.29) is 18.2 Å². The molecule has 6 heteroatoms. The lowest BCUT2D eigenvalue weighted by molar-refractivity contribution is 0.0922. The van der Waals surface area contributed by atoms with Crippen LogP contribution in [-0.4, -0.2) is 5.91 Å². The van der Waals surface area contributed by atoms with Gasteiger partial charge in [-0.25, -0.2) is 10.2 Å². The van der Waals surface area contributed by atoms with E-state index in [4.69, 9.17) is 15.0 Å². The van der Waals surface area contributed by atoms with Crippen LogP contribution in [0, 0.1) is 12.7 Å². The molecule has 0 unspecified atom stereocenters. The highest BCUT2D eigenvalue weighted by Crippen LogP contribution is 2.21. The van der Waals surface area contributed by atoms with Crippen molar-refractivity contribution in [2.45, 2.75) is 13.5 Å². The molecule has 1 aromatic heterocycles. The number of carbonyl (C=O) groups excluding carboxylic acids is 1. The number of hydrogen-bond acceptors (Lipinski definition) is 4. The zero-order chi connectivity index (χ0) is 13.8. The molecule has 0 spiro atoms. The molecule has 1 aromatic carbocycles. The number of nitrogen functional groups attached to an aromatic ring is 1. The summed E-state index contributed by atoms with van der Waals surface area (Å²) in [5.41, 5.74) is 3.22.